The van der Waals surface area contributed by atoms with Gasteiger partial charge in [0.2, 0.25) is 0 Å². The zero-order valence-corrected chi connectivity index (χ0v) is 12.2. The van der Waals surface area contributed by atoms with Gasteiger partial charge >= 0.3 is 0 Å². The van der Waals surface area contributed by atoms with Crippen molar-refractivity contribution in [3.8, 4) is 11.4 Å². The Morgan fingerprint density at radius 2 is 2.00 bits per heavy atom. The van der Waals surface area contributed by atoms with Crippen LogP contribution in [-0.2, 0) is 0 Å². The van der Waals surface area contributed by atoms with Crippen molar-refractivity contribution in [2.75, 3.05) is 13.1 Å². The van der Waals surface area contributed by atoms with E-state index >= 15 is 0 Å². The maximum absolute atomic E-state index is 12.3. The molecule has 1 aliphatic heterocycles. The number of aromatic nitrogens is 3. The highest BCUT2D eigenvalue weighted by molar-refractivity contribution is 5.94. The summed E-state index contributed by atoms with van der Waals surface area (Å²) in [6.45, 7) is 1.04. The summed E-state index contributed by atoms with van der Waals surface area (Å²) in [5.41, 5.74) is 1.54. The zero-order valence-electron chi connectivity index (χ0n) is 12.2. The molecule has 1 aromatic carbocycles. The van der Waals surface area contributed by atoms with E-state index < -0.39 is 6.10 Å². The minimum atomic E-state index is -0.391. The van der Waals surface area contributed by atoms with E-state index in [1.807, 2.05) is 12.1 Å². The first-order chi connectivity index (χ1) is 10.7. The van der Waals surface area contributed by atoms with Crippen LogP contribution in [0.2, 0.25) is 0 Å². The third kappa shape index (κ3) is 2.50. The molecule has 1 aromatic heterocycles. The van der Waals surface area contributed by atoms with Gasteiger partial charge in [-0.05, 0) is 31.4 Å². The number of hydrogen-bond acceptors (Lipinski definition) is 4. The molecule has 6 heteroatoms. The van der Waals surface area contributed by atoms with Crippen molar-refractivity contribution in [2.45, 2.75) is 31.3 Å². The minimum absolute atomic E-state index is 0.0308. The molecule has 2 aliphatic rings. The number of aliphatic hydroxyl groups is 1. The fourth-order valence-electron chi connectivity index (χ4n) is 2.81. The average molecular weight is 298 g/mol. The summed E-state index contributed by atoms with van der Waals surface area (Å²) in [6.07, 6.45) is 2.63. The standard InChI is InChI=1S/C16H18N4O2/c21-13-7-8-20(9-13)16(22)12-5-3-11(4-6-12)15-17-14(18-19-15)10-1-2-10/h3-6,10,13,21H,1-2,7-9H2,(H,17,18,19)/t13-/m1/s1. The van der Waals surface area contributed by atoms with Crippen LogP contribution in [-0.4, -0.2) is 50.3 Å². The first-order valence-corrected chi connectivity index (χ1v) is 7.71. The molecule has 6 nitrogen and oxygen atoms in total. The lowest BCUT2D eigenvalue weighted by Crippen LogP contribution is -2.29. The van der Waals surface area contributed by atoms with Crippen LogP contribution in [0.1, 0.15) is 41.4 Å². The van der Waals surface area contributed by atoms with Crippen LogP contribution in [0, 0.1) is 0 Å². The van der Waals surface area contributed by atoms with Crippen molar-refractivity contribution in [2.24, 2.45) is 0 Å². The van der Waals surface area contributed by atoms with Crippen molar-refractivity contribution in [1.82, 2.24) is 20.1 Å². The third-order valence-corrected chi connectivity index (χ3v) is 4.31. The predicted octanol–water partition coefficient (Wildman–Crippen LogP) is 1.56. The minimum Gasteiger partial charge on any atom is -0.391 e. The van der Waals surface area contributed by atoms with E-state index in [0.717, 1.165) is 11.4 Å². The normalized spacial score (nSPS) is 21.3. The van der Waals surface area contributed by atoms with Crippen LogP contribution in [0.15, 0.2) is 24.3 Å². The Kier molecular flexibility index (Phi) is 3.18. The zero-order chi connectivity index (χ0) is 15.1. The summed E-state index contributed by atoms with van der Waals surface area (Å²) < 4.78 is 0. The first kappa shape index (κ1) is 13.5. The Balaban J connectivity index is 1.50. The smallest absolute Gasteiger partial charge is 0.253 e. The molecule has 1 saturated heterocycles. The molecule has 0 radical (unpaired) electrons. The van der Waals surface area contributed by atoms with E-state index in [1.54, 1.807) is 17.0 Å². The Bertz CT molecular complexity index is 690. The third-order valence-electron chi connectivity index (χ3n) is 4.31. The van der Waals surface area contributed by atoms with Gasteiger partial charge in [-0.25, -0.2) is 4.98 Å². The number of β-amino-alcohol motifs (C(OH)–C–C–N with tert-alkyl or cyclic N) is 1. The van der Waals surface area contributed by atoms with Gasteiger partial charge in [0.1, 0.15) is 5.82 Å². The number of nitrogens with one attached hydrogen (secondary N) is 1. The molecular weight excluding hydrogens is 280 g/mol. The predicted molar refractivity (Wildman–Crippen MR) is 80.3 cm³/mol. The molecule has 1 atom stereocenters. The van der Waals surface area contributed by atoms with Crippen molar-refractivity contribution >= 4 is 5.91 Å². The van der Waals surface area contributed by atoms with Gasteiger partial charge in [0.15, 0.2) is 5.82 Å². The summed E-state index contributed by atoms with van der Waals surface area (Å²) in [7, 11) is 0. The first-order valence-electron chi connectivity index (χ1n) is 7.71. The number of aromatic amines is 1. The Hall–Kier alpha value is -2.21. The number of amides is 1. The van der Waals surface area contributed by atoms with Crippen LogP contribution < -0.4 is 0 Å². The number of rotatable bonds is 3. The average Bonchev–Trinajstić information content (AvgIpc) is 3.11. The second-order valence-electron chi connectivity index (χ2n) is 6.09. The van der Waals surface area contributed by atoms with Crippen LogP contribution in [0.25, 0.3) is 11.4 Å². The fourth-order valence-corrected chi connectivity index (χ4v) is 2.81. The maximum atomic E-state index is 12.3. The van der Waals surface area contributed by atoms with Gasteiger partial charge in [-0.1, -0.05) is 12.1 Å². The molecule has 0 unspecified atom stereocenters. The molecule has 1 amide bonds. The van der Waals surface area contributed by atoms with Gasteiger partial charge in [-0.2, -0.15) is 5.10 Å². The SMILES string of the molecule is O=C(c1ccc(-c2n[nH]c(C3CC3)n2)cc1)N1CC[C@@H](O)C1. The van der Waals surface area contributed by atoms with Crippen LogP contribution in [0.5, 0.6) is 0 Å². The second-order valence-corrected chi connectivity index (χ2v) is 6.09. The van der Waals surface area contributed by atoms with E-state index in [1.165, 1.54) is 12.8 Å². The Labute approximate surface area is 128 Å². The van der Waals surface area contributed by atoms with E-state index in [-0.39, 0.29) is 5.91 Å². The van der Waals surface area contributed by atoms with Gasteiger partial charge in [0.05, 0.1) is 6.10 Å². The molecule has 1 aliphatic carbocycles. The van der Waals surface area contributed by atoms with Crippen LogP contribution in [0.4, 0.5) is 0 Å². The van der Waals surface area contributed by atoms with Crippen molar-refractivity contribution in [1.29, 1.82) is 0 Å². The number of carbonyl (C=O) groups excluding carboxylic acids is 1. The molecule has 2 fully saturated rings. The molecule has 1 saturated carbocycles. The van der Waals surface area contributed by atoms with Gasteiger partial charge in [-0.3, -0.25) is 9.89 Å². The Morgan fingerprint density at radius 1 is 1.23 bits per heavy atom. The van der Waals surface area contributed by atoms with E-state index in [0.29, 0.717) is 36.8 Å². The largest absolute Gasteiger partial charge is 0.391 e. The van der Waals surface area contributed by atoms with E-state index in [4.69, 9.17) is 0 Å². The highest BCUT2D eigenvalue weighted by atomic mass is 16.3. The monoisotopic (exact) mass is 298 g/mol. The van der Waals surface area contributed by atoms with Crippen molar-refractivity contribution in [3.63, 3.8) is 0 Å². The Morgan fingerprint density at radius 3 is 2.64 bits per heavy atom. The summed E-state index contributed by atoms with van der Waals surface area (Å²) in [5.74, 6) is 2.15. The number of H-pyrrole nitrogens is 1. The number of benzene rings is 1. The molecule has 114 valence electrons. The van der Waals surface area contributed by atoms with Gasteiger partial charge in [-0.15, -0.1) is 0 Å². The van der Waals surface area contributed by atoms with Crippen molar-refractivity contribution in [3.05, 3.63) is 35.7 Å². The van der Waals surface area contributed by atoms with E-state index in [2.05, 4.69) is 15.2 Å². The molecule has 4 rings (SSSR count). The highest BCUT2D eigenvalue weighted by Crippen LogP contribution is 2.38. The molecule has 22 heavy (non-hydrogen) atoms. The molecule has 2 N–H and O–H groups in total. The van der Waals surface area contributed by atoms with Crippen LogP contribution >= 0.6 is 0 Å². The summed E-state index contributed by atoms with van der Waals surface area (Å²) in [6, 6.07) is 7.35. The molecular formula is C16H18N4O2. The van der Waals surface area contributed by atoms with Crippen LogP contribution in [0.3, 0.4) is 0 Å². The second kappa shape index (κ2) is 5.21. The number of aliphatic hydroxyl groups excluding tert-OH is 1. The highest BCUT2D eigenvalue weighted by Gasteiger charge is 2.27. The molecule has 2 aromatic rings. The molecule has 0 spiro atoms. The topological polar surface area (TPSA) is 82.1 Å². The maximum Gasteiger partial charge on any atom is 0.253 e. The summed E-state index contributed by atoms with van der Waals surface area (Å²) in [5, 5.41) is 16.8. The van der Waals surface area contributed by atoms with Gasteiger partial charge < -0.3 is 10.0 Å². The summed E-state index contributed by atoms with van der Waals surface area (Å²) >= 11 is 0. The van der Waals surface area contributed by atoms with Crippen molar-refractivity contribution < 1.29 is 9.90 Å². The molecule has 0 bridgehead atoms. The lowest BCUT2D eigenvalue weighted by molar-refractivity contribution is 0.0765. The quantitative estimate of drug-likeness (QED) is 0.901. The summed E-state index contributed by atoms with van der Waals surface area (Å²) in [4.78, 5) is 18.5. The number of likely N-dealkylation sites (tertiary alicyclic amines) is 1. The lowest BCUT2D eigenvalue weighted by atomic mass is 10.1. The van der Waals surface area contributed by atoms with Gasteiger partial charge in [0, 0.05) is 30.1 Å². The van der Waals surface area contributed by atoms with E-state index in [9.17, 15) is 9.90 Å². The number of carbonyl (C=O) groups is 1. The number of nitrogens with zero attached hydrogens (tertiary/aromatic N) is 3. The molecule has 2 heterocycles. The van der Waals surface area contributed by atoms with Gasteiger partial charge in [0.25, 0.3) is 5.91 Å². The number of hydrogen-bond donors (Lipinski definition) is 2. The fraction of sp³-hybridized carbons (Fsp3) is 0.438. The lowest BCUT2D eigenvalue weighted by Gasteiger charge is -2.15.